The Morgan fingerprint density at radius 1 is 0.967 bits per heavy atom. The van der Waals surface area contributed by atoms with E-state index < -0.39 is 28.5 Å². The predicted octanol–water partition coefficient (Wildman–Crippen LogP) is 2.72. The molecule has 0 atom stereocenters. The summed E-state index contributed by atoms with van der Waals surface area (Å²) in [5.41, 5.74) is 0.985. The highest BCUT2D eigenvalue weighted by molar-refractivity contribution is 7.89. The summed E-state index contributed by atoms with van der Waals surface area (Å²) < 4.78 is 31.2. The Balaban J connectivity index is 1.97. The Kier molecular flexibility index (Phi) is 7.85. The second-order valence-electron chi connectivity index (χ2n) is 6.38. The molecule has 0 saturated heterocycles. The van der Waals surface area contributed by atoms with Crippen LogP contribution < -0.4 is 5.32 Å². The summed E-state index contributed by atoms with van der Waals surface area (Å²) in [5, 5.41) is 2.55. The number of amides is 1. The SMILES string of the molecule is CCN(CC)S(=O)(=O)c1ccc(C(=O)OCC(=O)Nc2cccc(C(C)=O)c2)cc1. The zero-order valence-electron chi connectivity index (χ0n) is 17.0. The number of sulfonamides is 1. The van der Waals surface area contributed by atoms with Crippen molar-refractivity contribution in [1.29, 1.82) is 0 Å². The first-order chi connectivity index (χ1) is 14.2. The topological polar surface area (TPSA) is 110 Å². The number of nitrogens with one attached hydrogen (secondary N) is 1. The highest BCUT2D eigenvalue weighted by atomic mass is 32.2. The van der Waals surface area contributed by atoms with Gasteiger partial charge in [-0.05, 0) is 43.3 Å². The van der Waals surface area contributed by atoms with Gasteiger partial charge in [-0.3, -0.25) is 9.59 Å². The summed E-state index contributed by atoms with van der Waals surface area (Å²) in [6.45, 7) is 5.06. The van der Waals surface area contributed by atoms with Gasteiger partial charge in [0.15, 0.2) is 12.4 Å². The molecule has 0 bridgehead atoms. The molecule has 0 aromatic heterocycles. The molecule has 2 rings (SSSR count). The standard InChI is InChI=1S/C21H24N2O6S/c1-4-23(5-2)30(27,28)19-11-9-16(10-12-19)21(26)29-14-20(25)22-18-8-6-7-17(13-18)15(3)24/h6-13H,4-5,14H2,1-3H3,(H,22,25). The number of benzene rings is 2. The van der Waals surface area contributed by atoms with E-state index in [2.05, 4.69) is 5.32 Å². The summed E-state index contributed by atoms with van der Waals surface area (Å²) in [7, 11) is -3.62. The number of hydrogen-bond acceptors (Lipinski definition) is 6. The average Bonchev–Trinajstić information content (AvgIpc) is 2.73. The van der Waals surface area contributed by atoms with Crippen molar-refractivity contribution in [2.45, 2.75) is 25.7 Å². The van der Waals surface area contributed by atoms with Gasteiger partial charge in [-0.25, -0.2) is 13.2 Å². The summed E-state index contributed by atoms with van der Waals surface area (Å²) >= 11 is 0. The Bertz CT molecular complexity index is 1030. The first-order valence-corrected chi connectivity index (χ1v) is 10.8. The number of carbonyl (C=O) groups excluding carboxylic acids is 3. The van der Waals surface area contributed by atoms with E-state index in [1.165, 1.54) is 41.6 Å². The van der Waals surface area contributed by atoms with Gasteiger partial charge in [-0.2, -0.15) is 4.31 Å². The van der Waals surface area contributed by atoms with E-state index in [0.717, 1.165) is 0 Å². The van der Waals surface area contributed by atoms with Crippen LogP contribution in [0, 0.1) is 0 Å². The summed E-state index contributed by atoms with van der Waals surface area (Å²) in [5.74, 6) is -1.46. The van der Waals surface area contributed by atoms with E-state index in [9.17, 15) is 22.8 Å². The van der Waals surface area contributed by atoms with Crippen molar-refractivity contribution in [3.05, 3.63) is 59.7 Å². The second-order valence-corrected chi connectivity index (χ2v) is 8.31. The number of Topliss-reactive ketones (excluding diaryl/α,β-unsaturated/α-hetero) is 1. The van der Waals surface area contributed by atoms with E-state index in [1.807, 2.05) is 0 Å². The number of anilines is 1. The molecular weight excluding hydrogens is 408 g/mol. The number of hydrogen-bond donors (Lipinski definition) is 1. The fourth-order valence-electron chi connectivity index (χ4n) is 2.70. The maximum absolute atomic E-state index is 12.5. The molecule has 160 valence electrons. The second kappa shape index (κ2) is 10.1. The van der Waals surface area contributed by atoms with Crippen molar-refractivity contribution < 1.29 is 27.5 Å². The Hall–Kier alpha value is -3.04. The summed E-state index contributed by atoms with van der Waals surface area (Å²) in [4.78, 5) is 35.6. The lowest BCUT2D eigenvalue weighted by Crippen LogP contribution is -2.30. The molecule has 1 N–H and O–H groups in total. The molecular formula is C21H24N2O6S. The minimum Gasteiger partial charge on any atom is -0.452 e. The van der Waals surface area contributed by atoms with Gasteiger partial charge in [-0.15, -0.1) is 0 Å². The monoisotopic (exact) mass is 432 g/mol. The van der Waals surface area contributed by atoms with Crippen LogP contribution in [-0.4, -0.2) is 50.1 Å². The molecule has 9 heteroatoms. The van der Waals surface area contributed by atoms with Crippen LogP contribution in [0.15, 0.2) is 53.4 Å². The maximum atomic E-state index is 12.5. The third-order valence-electron chi connectivity index (χ3n) is 4.32. The number of rotatable bonds is 9. The number of ketones is 1. The van der Waals surface area contributed by atoms with Gasteiger partial charge in [0, 0.05) is 24.3 Å². The van der Waals surface area contributed by atoms with Crippen molar-refractivity contribution in [3.63, 3.8) is 0 Å². The van der Waals surface area contributed by atoms with Gasteiger partial charge in [-0.1, -0.05) is 26.0 Å². The Morgan fingerprint density at radius 2 is 1.60 bits per heavy atom. The van der Waals surface area contributed by atoms with E-state index in [1.54, 1.807) is 32.0 Å². The fourth-order valence-corrected chi connectivity index (χ4v) is 4.16. The van der Waals surface area contributed by atoms with E-state index in [4.69, 9.17) is 4.74 Å². The van der Waals surface area contributed by atoms with E-state index >= 15 is 0 Å². The van der Waals surface area contributed by atoms with Gasteiger partial charge in [0.2, 0.25) is 10.0 Å². The highest BCUT2D eigenvalue weighted by Gasteiger charge is 2.22. The molecule has 0 spiro atoms. The predicted molar refractivity (Wildman–Crippen MR) is 112 cm³/mol. The molecule has 1 amide bonds. The van der Waals surface area contributed by atoms with Crippen molar-refractivity contribution in [2.75, 3.05) is 25.0 Å². The average molecular weight is 432 g/mol. The molecule has 0 aliphatic heterocycles. The molecule has 0 aliphatic rings. The maximum Gasteiger partial charge on any atom is 0.338 e. The lowest BCUT2D eigenvalue weighted by atomic mass is 10.1. The van der Waals surface area contributed by atoms with Crippen LogP contribution in [0.3, 0.4) is 0 Å². The molecule has 30 heavy (non-hydrogen) atoms. The third kappa shape index (κ3) is 5.74. The van der Waals surface area contributed by atoms with E-state index in [-0.39, 0.29) is 16.2 Å². The van der Waals surface area contributed by atoms with Crippen LogP contribution in [-0.2, 0) is 19.6 Å². The van der Waals surface area contributed by atoms with Crippen LogP contribution in [0.5, 0.6) is 0 Å². The Labute approximate surface area is 175 Å². The lowest BCUT2D eigenvalue weighted by molar-refractivity contribution is -0.119. The molecule has 0 saturated carbocycles. The molecule has 8 nitrogen and oxygen atoms in total. The molecule has 2 aromatic carbocycles. The van der Waals surface area contributed by atoms with Gasteiger partial charge in [0.1, 0.15) is 0 Å². The van der Waals surface area contributed by atoms with Crippen molar-refractivity contribution in [3.8, 4) is 0 Å². The van der Waals surface area contributed by atoms with E-state index in [0.29, 0.717) is 24.3 Å². The largest absolute Gasteiger partial charge is 0.452 e. The molecule has 0 unspecified atom stereocenters. The van der Waals surface area contributed by atoms with Crippen LogP contribution in [0.1, 0.15) is 41.5 Å². The summed E-state index contributed by atoms with van der Waals surface area (Å²) in [6.07, 6.45) is 0. The first kappa shape index (κ1) is 23.2. The zero-order valence-corrected chi connectivity index (χ0v) is 17.9. The van der Waals surface area contributed by atoms with Gasteiger partial charge in [0.05, 0.1) is 10.5 Å². The lowest BCUT2D eigenvalue weighted by Gasteiger charge is -2.18. The van der Waals surface area contributed by atoms with Gasteiger partial charge < -0.3 is 10.1 Å². The fraction of sp³-hybridized carbons (Fsp3) is 0.286. The van der Waals surface area contributed by atoms with Crippen molar-refractivity contribution >= 4 is 33.4 Å². The quantitative estimate of drug-likeness (QED) is 0.482. The number of ether oxygens (including phenoxy) is 1. The molecule has 0 heterocycles. The van der Waals surface area contributed by atoms with Crippen LogP contribution in [0.25, 0.3) is 0 Å². The number of nitrogens with zero attached hydrogens (tertiary/aromatic N) is 1. The van der Waals surface area contributed by atoms with Gasteiger partial charge >= 0.3 is 5.97 Å². The molecule has 0 fully saturated rings. The highest BCUT2D eigenvalue weighted by Crippen LogP contribution is 2.17. The summed E-state index contributed by atoms with van der Waals surface area (Å²) in [6, 6.07) is 11.7. The minimum absolute atomic E-state index is 0.0749. The first-order valence-electron chi connectivity index (χ1n) is 9.37. The third-order valence-corrected chi connectivity index (χ3v) is 6.38. The van der Waals surface area contributed by atoms with Crippen molar-refractivity contribution in [1.82, 2.24) is 4.31 Å². The number of carbonyl (C=O) groups is 3. The zero-order chi connectivity index (χ0) is 22.3. The normalized spacial score (nSPS) is 11.2. The molecule has 0 radical (unpaired) electrons. The van der Waals surface area contributed by atoms with Crippen LogP contribution in [0.2, 0.25) is 0 Å². The molecule has 0 aliphatic carbocycles. The van der Waals surface area contributed by atoms with Gasteiger partial charge in [0.25, 0.3) is 5.91 Å². The van der Waals surface area contributed by atoms with Crippen LogP contribution in [0.4, 0.5) is 5.69 Å². The van der Waals surface area contributed by atoms with Crippen LogP contribution >= 0.6 is 0 Å². The number of esters is 1. The Morgan fingerprint density at radius 3 is 2.17 bits per heavy atom. The molecule has 2 aromatic rings. The smallest absolute Gasteiger partial charge is 0.338 e. The van der Waals surface area contributed by atoms with Crippen molar-refractivity contribution in [2.24, 2.45) is 0 Å². The minimum atomic E-state index is -3.62.